The molecule has 0 atom stereocenters. The van der Waals surface area contributed by atoms with Crippen LogP contribution in [0.4, 0.5) is 10.7 Å². The van der Waals surface area contributed by atoms with Crippen molar-refractivity contribution in [1.82, 2.24) is 4.90 Å². The number of thiophene rings is 1. The van der Waals surface area contributed by atoms with Crippen LogP contribution in [0.15, 0.2) is 10.3 Å². The number of piperidine rings is 1. The maximum atomic E-state index is 12.0. The zero-order chi connectivity index (χ0) is 18.1. The van der Waals surface area contributed by atoms with Crippen molar-refractivity contribution in [2.75, 3.05) is 24.7 Å². The molecule has 1 fully saturated rings. The Hall–Kier alpha value is -1.68. The first-order chi connectivity index (χ1) is 11.1. The lowest BCUT2D eigenvalue weighted by Gasteiger charge is -2.33. The Morgan fingerprint density at radius 3 is 2.46 bits per heavy atom. The number of nitro groups is 1. The van der Waals surface area contributed by atoms with Crippen molar-refractivity contribution in [3.63, 3.8) is 0 Å². The normalized spacial score (nSPS) is 16.4. The number of rotatable bonds is 5. The lowest BCUT2D eigenvalue weighted by molar-refractivity contribution is -0.383. The number of carbonyl (C=O) groups is 1. The Morgan fingerprint density at radius 2 is 2.00 bits per heavy atom. The minimum atomic E-state index is -3.49. The number of carbonyl (C=O) groups excluding carboxylic acids is 1. The summed E-state index contributed by atoms with van der Waals surface area (Å²) in [5.41, 5.74) is -0.221. The van der Waals surface area contributed by atoms with Crippen LogP contribution in [0.2, 0.25) is 0 Å². The lowest BCUT2D eigenvalue weighted by Crippen LogP contribution is -2.43. The van der Waals surface area contributed by atoms with Gasteiger partial charge in [-0.1, -0.05) is 25.2 Å². The first-order valence-corrected chi connectivity index (χ1v) is 10.3. The number of nitrogens with zero attached hydrogens (tertiary/aromatic N) is 2. The fraction of sp³-hybridized carbons (Fsp3) is 0.643. The van der Waals surface area contributed by atoms with E-state index in [1.165, 1.54) is 0 Å². The fourth-order valence-electron chi connectivity index (χ4n) is 2.58. The molecule has 24 heavy (non-hydrogen) atoms. The molecule has 134 valence electrons. The molecule has 0 saturated carbocycles. The predicted molar refractivity (Wildman–Crippen MR) is 92.1 cm³/mol. The highest BCUT2D eigenvalue weighted by atomic mass is 32.2. The molecular formula is C14H21N3O5S2. The highest BCUT2D eigenvalue weighted by Gasteiger charge is 2.28. The molecule has 1 aliphatic heterocycles. The van der Waals surface area contributed by atoms with E-state index in [0.717, 1.165) is 23.7 Å². The van der Waals surface area contributed by atoms with Crippen LogP contribution in [0.5, 0.6) is 0 Å². The van der Waals surface area contributed by atoms with Gasteiger partial charge in [0.05, 0.1) is 4.92 Å². The zero-order valence-electron chi connectivity index (χ0n) is 13.8. The van der Waals surface area contributed by atoms with Gasteiger partial charge in [-0.2, -0.15) is 0 Å². The molecule has 2 rings (SSSR count). The van der Waals surface area contributed by atoms with Gasteiger partial charge in [-0.15, -0.1) is 0 Å². The monoisotopic (exact) mass is 375 g/mol. The van der Waals surface area contributed by atoms with Gasteiger partial charge in [0.1, 0.15) is 4.21 Å². The molecule has 0 spiro atoms. The van der Waals surface area contributed by atoms with Crippen molar-refractivity contribution in [2.45, 2.75) is 36.9 Å². The van der Waals surface area contributed by atoms with Crippen LogP contribution < -0.4 is 5.32 Å². The third kappa shape index (κ3) is 4.23. The van der Waals surface area contributed by atoms with Crippen LogP contribution in [0.1, 0.15) is 26.7 Å². The molecule has 2 heterocycles. The van der Waals surface area contributed by atoms with E-state index in [0.29, 0.717) is 25.9 Å². The molecule has 0 radical (unpaired) electrons. The SMILES string of the molecule is CC(C)C(=O)N1CCC(Nc2sc(S(C)(=O)=O)cc2[N+](=O)[O-])CC1. The van der Waals surface area contributed by atoms with E-state index in [4.69, 9.17) is 0 Å². The van der Waals surface area contributed by atoms with Gasteiger partial charge in [0.25, 0.3) is 0 Å². The fourth-order valence-corrected chi connectivity index (χ4v) is 4.59. The molecule has 1 aromatic rings. The Bertz CT molecular complexity index is 734. The summed E-state index contributed by atoms with van der Waals surface area (Å²) in [5.74, 6) is 0.0557. The molecule has 0 aromatic carbocycles. The largest absolute Gasteiger partial charge is 0.368 e. The van der Waals surface area contributed by atoms with Crippen molar-refractivity contribution in [3.05, 3.63) is 16.2 Å². The number of anilines is 1. The molecule has 1 aromatic heterocycles. The highest BCUT2D eigenvalue weighted by molar-refractivity contribution is 7.92. The standard InChI is InChI=1S/C14H21N3O5S2/c1-9(2)14(18)16-6-4-10(5-7-16)15-13-11(17(19)20)8-12(23-13)24(3,21)22/h8-10,15H,4-7H2,1-3H3. The third-order valence-corrected chi connectivity index (χ3v) is 6.74. The maximum Gasteiger partial charge on any atom is 0.304 e. The number of nitrogens with one attached hydrogen (secondary N) is 1. The highest BCUT2D eigenvalue weighted by Crippen LogP contribution is 2.38. The van der Waals surface area contributed by atoms with Gasteiger partial charge in [-0.25, -0.2) is 8.42 Å². The molecule has 1 saturated heterocycles. The van der Waals surface area contributed by atoms with E-state index in [1.807, 2.05) is 13.8 Å². The molecule has 0 unspecified atom stereocenters. The van der Waals surface area contributed by atoms with Gasteiger partial charge in [-0.05, 0) is 12.8 Å². The van der Waals surface area contributed by atoms with Crippen molar-refractivity contribution >= 4 is 37.8 Å². The Kier molecular flexibility index (Phi) is 5.49. The first kappa shape index (κ1) is 18.7. The second kappa shape index (κ2) is 7.06. The summed E-state index contributed by atoms with van der Waals surface area (Å²) in [7, 11) is -3.49. The van der Waals surface area contributed by atoms with Crippen molar-refractivity contribution < 1.29 is 18.1 Å². The summed E-state index contributed by atoms with van der Waals surface area (Å²) < 4.78 is 23.2. The average Bonchev–Trinajstić information content (AvgIpc) is 2.91. The minimum absolute atomic E-state index is 0.0222. The number of amides is 1. The molecule has 1 aliphatic rings. The van der Waals surface area contributed by atoms with Gasteiger partial charge in [-0.3, -0.25) is 14.9 Å². The van der Waals surface area contributed by atoms with Gasteiger partial charge in [0.2, 0.25) is 5.91 Å². The topological polar surface area (TPSA) is 110 Å². The quantitative estimate of drug-likeness (QED) is 0.623. The molecule has 0 bridgehead atoms. The summed E-state index contributed by atoms with van der Waals surface area (Å²) in [6.07, 6.45) is 2.37. The van der Waals surface area contributed by atoms with Crippen molar-refractivity contribution in [2.24, 2.45) is 5.92 Å². The van der Waals surface area contributed by atoms with Gasteiger partial charge in [0.15, 0.2) is 14.8 Å². The summed E-state index contributed by atoms with van der Waals surface area (Å²) >= 11 is 0.879. The summed E-state index contributed by atoms with van der Waals surface area (Å²) in [6, 6.07) is 1.07. The summed E-state index contributed by atoms with van der Waals surface area (Å²) in [4.78, 5) is 24.3. The second-order valence-electron chi connectivity index (χ2n) is 6.21. The number of hydrogen-bond donors (Lipinski definition) is 1. The molecule has 0 aliphatic carbocycles. The Morgan fingerprint density at radius 1 is 1.42 bits per heavy atom. The number of sulfone groups is 1. The average molecular weight is 375 g/mol. The molecule has 10 heteroatoms. The maximum absolute atomic E-state index is 12.0. The van der Waals surface area contributed by atoms with Crippen LogP contribution >= 0.6 is 11.3 Å². The van der Waals surface area contributed by atoms with Crippen molar-refractivity contribution in [3.8, 4) is 0 Å². The van der Waals surface area contributed by atoms with E-state index in [2.05, 4.69) is 5.32 Å². The van der Waals surface area contributed by atoms with Crippen LogP contribution in [-0.2, 0) is 14.6 Å². The van der Waals surface area contributed by atoms with Crippen molar-refractivity contribution in [1.29, 1.82) is 0 Å². The minimum Gasteiger partial charge on any atom is -0.368 e. The smallest absolute Gasteiger partial charge is 0.304 e. The Balaban J connectivity index is 2.09. The second-order valence-corrected chi connectivity index (χ2v) is 9.50. The summed E-state index contributed by atoms with van der Waals surface area (Å²) in [5, 5.41) is 14.5. The van der Waals surface area contributed by atoms with Crippen LogP contribution in [0, 0.1) is 16.0 Å². The van der Waals surface area contributed by atoms with E-state index in [1.54, 1.807) is 4.90 Å². The van der Waals surface area contributed by atoms with Crippen LogP contribution in [0.25, 0.3) is 0 Å². The molecular weight excluding hydrogens is 354 g/mol. The van der Waals surface area contributed by atoms with Gasteiger partial charge < -0.3 is 10.2 Å². The molecule has 8 nitrogen and oxygen atoms in total. The Labute approximate surface area is 144 Å². The van der Waals surface area contributed by atoms with E-state index < -0.39 is 14.8 Å². The van der Waals surface area contributed by atoms with Crippen LogP contribution in [-0.4, -0.2) is 49.5 Å². The molecule has 1 N–H and O–H groups in total. The zero-order valence-corrected chi connectivity index (χ0v) is 15.4. The number of hydrogen-bond acceptors (Lipinski definition) is 7. The van der Waals surface area contributed by atoms with E-state index in [-0.39, 0.29) is 32.8 Å². The van der Waals surface area contributed by atoms with E-state index in [9.17, 15) is 23.3 Å². The summed E-state index contributed by atoms with van der Waals surface area (Å²) in [6.45, 7) is 4.89. The first-order valence-electron chi connectivity index (χ1n) is 7.63. The van der Waals surface area contributed by atoms with Gasteiger partial charge >= 0.3 is 5.69 Å². The third-order valence-electron chi connectivity index (χ3n) is 3.89. The lowest BCUT2D eigenvalue weighted by atomic mass is 10.0. The van der Waals surface area contributed by atoms with Gasteiger partial charge in [0, 0.05) is 37.4 Å². The predicted octanol–water partition coefficient (Wildman–Crippen LogP) is 2.12. The van der Waals surface area contributed by atoms with Crippen LogP contribution in [0.3, 0.4) is 0 Å². The molecule has 1 amide bonds. The number of likely N-dealkylation sites (tertiary alicyclic amines) is 1. The van der Waals surface area contributed by atoms with E-state index >= 15 is 0 Å².